The molecule has 15 heavy (non-hydrogen) atoms. The summed E-state index contributed by atoms with van der Waals surface area (Å²) in [5.41, 5.74) is -0.0770. The fraction of sp³-hybridized carbons (Fsp3) is 0.923. The van der Waals surface area contributed by atoms with Crippen molar-refractivity contribution < 1.29 is 4.79 Å². The van der Waals surface area contributed by atoms with Crippen LogP contribution in [-0.4, -0.2) is 29.3 Å². The van der Waals surface area contributed by atoms with Crippen molar-refractivity contribution in [2.45, 2.75) is 52.0 Å². The molecule has 2 heteroatoms. The molecule has 86 valence electrons. The first-order chi connectivity index (χ1) is 7.11. The summed E-state index contributed by atoms with van der Waals surface area (Å²) in [6, 6.07) is 0. The molecule has 0 amide bonds. The summed E-state index contributed by atoms with van der Waals surface area (Å²) in [6.45, 7) is 8.78. The second kappa shape index (κ2) is 3.89. The van der Waals surface area contributed by atoms with E-state index in [4.69, 9.17) is 0 Å². The van der Waals surface area contributed by atoms with Crippen molar-refractivity contribution in [3.63, 3.8) is 0 Å². The van der Waals surface area contributed by atoms with Crippen LogP contribution >= 0.6 is 0 Å². The van der Waals surface area contributed by atoms with Gasteiger partial charge in [0.05, 0.1) is 5.54 Å². The number of likely N-dealkylation sites (N-methyl/N-ethyl adjacent to an activating group) is 1. The van der Waals surface area contributed by atoms with Crippen LogP contribution < -0.4 is 0 Å². The highest BCUT2D eigenvalue weighted by Crippen LogP contribution is 2.45. The SMILES string of the molecule is CCN1CCC(=O)C12CC(C)CCC2C. The van der Waals surface area contributed by atoms with Crippen LogP contribution in [0.4, 0.5) is 0 Å². The maximum Gasteiger partial charge on any atom is 0.154 e. The zero-order valence-electron chi connectivity index (χ0n) is 10.3. The van der Waals surface area contributed by atoms with Crippen LogP contribution in [0, 0.1) is 11.8 Å². The van der Waals surface area contributed by atoms with Crippen molar-refractivity contribution in [2.75, 3.05) is 13.1 Å². The number of rotatable bonds is 1. The van der Waals surface area contributed by atoms with E-state index >= 15 is 0 Å². The van der Waals surface area contributed by atoms with Crippen molar-refractivity contribution in [2.24, 2.45) is 11.8 Å². The lowest BCUT2D eigenvalue weighted by Crippen LogP contribution is -2.56. The van der Waals surface area contributed by atoms with E-state index in [0.29, 0.717) is 11.7 Å². The first kappa shape index (κ1) is 11.1. The third-order valence-corrected chi connectivity index (χ3v) is 4.61. The van der Waals surface area contributed by atoms with Crippen LogP contribution in [0.1, 0.15) is 46.5 Å². The van der Waals surface area contributed by atoms with Gasteiger partial charge in [0.2, 0.25) is 0 Å². The molecule has 1 heterocycles. The molecule has 1 saturated carbocycles. The number of carbonyl (C=O) groups excluding carboxylic acids is 1. The van der Waals surface area contributed by atoms with Crippen LogP contribution in [0.25, 0.3) is 0 Å². The maximum atomic E-state index is 12.2. The number of nitrogens with zero attached hydrogens (tertiary/aromatic N) is 1. The van der Waals surface area contributed by atoms with Crippen LogP contribution in [0.15, 0.2) is 0 Å². The summed E-state index contributed by atoms with van der Waals surface area (Å²) < 4.78 is 0. The van der Waals surface area contributed by atoms with Crippen molar-refractivity contribution in [3.8, 4) is 0 Å². The van der Waals surface area contributed by atoms with Crippen molar-refractivity contribution in [1.82, 2.24) is 4.90 Å². The normalized spacial score (nSPS) is 42.7. The van der Waals surface area contributed by atoms with E-state index in [-0.39, 0.29) is 5.54 Å². The molecule has 1 saturated heterocycles. The van der Waals surface area contributed by atoms with Gasteiger partial charge in [0.1, 0.15) is 0 Å². The number of ketones is 1. The summed E-state index contributed by atoms with van der Waals surface area (Å²) in [5.74, 6) is 1.80. The molecule has 2 rings (SSSR count). The van der Waals surface area contributed by atoms with Crippen LogP contribution in [0.5, 0.6) is 0 Å². The molecular weight excluding hydrogens is 186 g/mol. The average Bonchev–Trinajstić information content (AvgIpc) is 2.52. The van der Waals surface area contributed by atoms with Gasteiger partial charge in [-0.1, -0.05) is 27.2 Å². The van der Waals surface area contributed by atoms with Gasteiger partial charge in [-0.05, 0) is 31.2 Å². The molecule has 0 aromatic carbocycles. The Balaban J connectivity index is 2.30. The second-order valence-corrected chi connectivity index (χ2v) is 5.46. The Morgan fingerprint density at radius 1 is 1.40 bits per heavy atom. The molecular formula is C13H23NO. The van der Waals surface area contributed by atoms with E-state index in [2.05, 4.69) is 25.7 Å². The van der Waals surface area contributed by atoms with Crippen LogP contribution in [-0.2, 0) is 4.79 Å². The summed E-state index contributed by atoms with van der Waals surface area (Å²) in [7, 11) is 0. The summed E-state index contributed by atoms with van der Waals surface area (Å²) in [5, 5.41) is 0. The highest BCUT2D eigenvalue weighted by molar-refractivity contribution is 5.91. The predicted molar refractivity (Wildman–Crippen MR) is 61.8 cm³/mol. The minimum atomic E-state index is -0.0770. The molecule has 2 nitrogen and oxygen atoms in total. The van der Waals surface area contributed by atoms with E-state index in [9.17, 15) is 4.79 Å². The second-order valence-electron chi connectivity index (χ2n) is 5.46. The summed E-state index contributed by atoms with van der Waals surface area (Å²) >= 11 is 0. The molecule has 0 aromatic heterocycles. The zero-order valence-corrected chi connectivity index (χ0v) is 10.3. The maximum absolute atomic E-state index is 12.2. The Hall–Kier alpha value is -0.370. The summed E-state index contributed by atoms with van der Waals surface area (Å²) in [6.07, 6.45) is 4.41. The first-order valence-electron chi connectivity index (χ1n) is 6.39. The Morgan fingerprint density at radius 2 is 2.13 bits per heavy atom. The Bertz CT molecular complexity index is 263. The van der Waals surface area contributed by atoms with E-state index in [1.807, 2.05) is 0 Å². The molecule has 3 unspecified atom stereocenters. The minimum absolute atomic E-state index is 0.0770. The summed E-state index contributed by atoms with van der Waals surface area (Å²) in [4.78, 5) is 14.7. The van der Waals surface area contributed by atoms with Gasteiger partial charge in [-0.2, -0.15) is 0 Å². The number of hydrogen-bond donors (Lipinski definition) is 0. The molecule has 3 atom stereocenters. The van der Waals surface area contributed by atoms with E-state index < -0.39 is 0 Å². The Labute approximate surface area is 93.0 Å². The standard InChI is InChI=1S/C13H23NO/c1-4-14-8-7-12(15)13(14)9-10(2)5-6-11(13)3/h10-11H,4-9H2,1-3H3. The van der Waals surface area contributed by atoms with Gasteiger partial charge in [-0.25, -0.2) is 0 Å². The highest BCUT2D eigenvalue weighted by atomic mass is 16.1. The lowest BCUT2D eigenvalue weighted by Gasteiger charge is -2.46. The molecule has 1 spiro atoms. The minimum Gasteiger partial charge on any atom is -0.298 e. The number of hydrogen-bond acceptors (Lipinski definition) is 2. The monoisotopic (exact) mass is 209 g/mol. The average molecular weight is 209 g/mol. The third kappa shape index (κ3) is 1.54. The lowest BCUT2D eigenvalue weighted by molar-refractivity contribution is -0.130. The molecule has 0 bridgehead atoms. The molecule has 0 radical (unpaired) electrons. The Morgan fingerprint density at radius 3 is 2.80 bits per heavy atom. The number of carbonyl (C=O) groups is 1. The third-order valence-electron chi connectivity index (χ3n) is 4.61. The van der Waals surface area contributed by atoms with Crippen molar-refractivity contribution in [1.29, 1.82) is 0 Å². The molecule has 0 N–H and O–H groups in total. The number of Topliss-reactive ketones (excluding diaryl/α,β-unsaturated/α-hetero) is 1. The van der Waals surface area contributed by atoms with Gasteiger partial charge in [0.25, 0.3) is 0 Å². The van der Waals surface area contributed by atoms with Gasteiger partial charge in [-0.3, -0.25) is 9.69 Å². The van der Waals surface area contributed by atoms with Crippen LogP contribution in [0.3, 0.4) is 0 Å². The van der Waals surface area contributed by atoms with Gasteiger partial charge in [-0.15, -0.1) is 0 Å². The quantitative estimate of drug-likeness (QED) is 0.661. The Kier molecular flexibility index (Phi) is 2.89. The highest BCUT2D eigenvalue weighted by Gasteiger charge is 2.52. The first-order valence-corrected chi connectivity index (χ1v) is 6.39. The van der Waals surface area contributed by atoms with Gasteiger partial charge < -0.3 is 0 Å². The molecule has 1 aliphatic heterocycles. The molecule has 2 aliphatic rings. The fourth-order valence-electron chi connectivity index (χ4n) is 3.71. The van der Waals surface area contributed by atoms with Gasteiger partial charge in [0, 0.05) is 13.0 Å². The molecule has 1 aliphatic carbocycles. The van der Waals surface area contributed by atoms with Gasteiger partial charge in [0.15, 0.2) is 5.78 Å². The topological polar surface area (TPSA) is 20.3 Å². The van der Waals surface area contributed by atoms with E-state index in [1.165, 1.54) is 12.8 Å². The van der Waals surface area contributed by atoms with Crippen LogP contribution in [0.2, 0.25) is 0 Å². The smallest absolute Gasteiger partial charge is 0.154 e. The van der Waals surface area contributed by atoms with Crippen molar-refractivity contribution >= 4 is 5.78 Å². The zero-order chi connectivity index (χ0) is 11.1. The van der Waals surface area contributed by atoms with Crippen molar-refractivity contribution in [3.05, 3.63) is 0 Å². The largest absolute Gasteiger partial charge is 0.298 e. The lowest BCUT2D eigenvalue weighted by atomic mass is 9.68. The predicted octanol–water partition coefficient (Wildman–Crippen LogP) is 2.48. The fourth-order valence-corrected chi connectivity index (χ4v) is 3.71. The van der Waals surface area contributed by atoms with E-state index in [0.717, 1.165) is 31.8 Å². The molecule has 0 aromatic rings. The molecule has 2 fully saturated rings. The van der Waals surface area contributed by atoms with Gasteiger partial charge >= 0.3 is 0 Å². The van der Waals surface area contributed by atoms with E-state index in [1.54, 1.807) is 0 Å². The number of likely N-dealkylation sites (tertiary alicyclic amines) is 1.